The number of ether oxygens (including phenoxy) is 1. The van der Waals surface area contributed by atoms with Gasteiger partial charge in [-0.1, -0.05) is 17.7 Å². The summed E-state index contributed by atoms with van der Waals surface area (Å²) < 4.78 is 17.9. The third kappa shape index (κ3) is 3.17. The fourth-order valence-electron chi connectivity index (χ4n) is 1.19. The van der Waals surface area contributed by atoms with Crippen LogP contribution in [0.4, 0.5) is 4.39 Å². The van der Waals surface area contributed by atoms with E-state index in [1.807, 2.05) is 0 Å². The van der Waals surface area contributed by atoms with Crippen molar-refractivity contribution in [2.24, 2.45) is 0 Å². The first-order valence-electron chi connectivity index (χ1n) is 4.80. The van der Waals surface area contributed by atoms with Crippen molar-refractivity contribution in [2.45, 2.75) is 13.0 Å². The van der Waals surface area contributed by atoms with Gasteiger partial charge in [0.15, 0.2) is 5.82 Å². The summed E-state index contributed by atoms with van der Waals surface area (Å²) in [6, 6.07) is 3.20. The van der Waals surface area contributed by atoms with Crippen molar-refractivity contribution in [2.75, 3.05) is 7.11 Å². The maximum absolute atomic E-state index is 13.5. The van der Waals surface area contributed by atoms with Crippen LogP contribution in [0.15, 0.2) is 18.2 Å². The van der Waals surface area contributed by atoms with E-state index >= 15 is 0 Å². The number of benzene rings is 1. The van der Waals surface area contributed by atoms with Crippen molar-refractivity contribution in [1.29, 1.82) is 0 Å². The Bertz CT molecular complexity index is 450. The molecule has 0 heterocycles. The van der Waals surface area contributed by atoms with Crippen LogP contribution in [0.2, 0.25) is 5.02 Å². The van der Waals surface area contributed by atoms with E-state index in [1.165, 1.54) is 32.2 Å². The largest absolute Gasteiger partial charge is 0.467 e. The Kier molecular flexibility index (Phi) is 4.45. The molecule has 92 valence electrons. The molecule has 0 fully saturated rings. The van der Waals surface area contributed by atoms with Crippen molar-refractivity contribution >= 4 is 23.5 Å². The van der Waals surface area contributed by atoms with Crippen LogP contribution in [0.5, 0.6) is 0 Å². The quantitative estimate of drug-likeness (QED) is 0.842. The number of carbonyl (C=O) groups excluding carboxylic acids is 2. The standard InChI is InChI=1S/C11H11ClFNO3/c1-6(11(16)17-2)14-10(15)7-4-3-5-8(12)9(7)13/h3-6H,1-2H3,(H,14,15). The Labute approximate surface area is 103 Å². The number of rotatable bonds is 3. The first kappa shape index (κ1) is 13.4. The van der Waals surface area contributed by atoms with Crippen LogP contribution >= 0.6 is 11.6 Å². The smallest absolute Gasteiger partial charge is 0.328 e. The molecule has 6 heteroatoms. The Morgan fingerprint density at radius 1 is 1.47 bits per heavy atom. The van der Waals surface area contributed by atoms with Crippen molar-refractivity contribution in [3.8, 4) is 0 Å². The fourth-order valence-corrected chi connectivity index (χ4v) is 1.36. The number of halogens is 2. The van der Waals surface area contributed by atoms with Gasteiger partial charge in [0.2, 0.25) is 0 Å². The summed E-state index contributed by atoms with van der Waals surface area (Å²) in [5, 5.41) is 2.15. The minimum atomic E-state index is -0.856. The zero-order valence-corrected chi connectivity index (χ0v) is 10.0. The zero-order valence-electron chi connectivity index (χ0n) is 9.29. The van der Waals surface area contributed by atoms with Crippen LogP contribution in [0.1, 0.15) is 17.3 Å². The summed E-state index contributed by atoms with van der Waals surface area (Å²) >= 11 is 5.54. The number of nitrogens with one attached hydrogen (secondary N) is 1. The molecule has 1 amide bonds. The molecule has 0 spiro atoms. The topological polar surface area (TPSA) is 55.4 Å². The van der Waals surface area contributed by atoms with Crippen molar-refractivity contribution in [3.63, 3.8) is 0 Å². The van der Waals surface area contributed by atoms with Gasteiger partial charge in [-0.3, -0.25) is 4.79 Å². The molecule has 0 aliphatic rings. The lowest BCUT2D eigenvalue weighted by molar-refractivity contribution is -0.142. The average molecular weight is 260 g/mol. The molecule has 0 bridgehead atoms. The fraction of sp³-hybridized carbons (Fsp3) is 0.273. The number of amides is 1. The molecule has 1 aromatic rings. The first-order valence-corrected chi connectivity index (χ1v) is 5.18. The van der Waals surface area contributed by atoms with Gasteiger partial charge >= 0.3 is 5.97 Å². The molecule has 17 heavy (non-hydrogen) atoms. The highest BCUT2D eigenvalue weighted by Crippen LogP contribution is 2.17. The summed E-state index contributed by atoms with van der Waals surface area (Å²) in [6.45, 7) is 1.44. The SMILES string of the molecule is COC(=O)C(C)NC(=O)c1cccc(Cl)c1F. The van der Waals surface area contributed by atoms with Crippen LogP contribution in [0, 0.1) is 5.82 Å². The second-order valence-electron chi connectivity index (χ2n) is 3.32. The molecular weight excluding hydrogens is 249 g/mol. The van der Waals surface area contributed by atoms with E-state index in [0.29, 0.717) is 0 Å². The Hall–Kier alpha value is -1.62. The first-order chi connectivity index (χ1) is 7.97. The van der Waals surface area contributed by atoms with Gasteiger partial charge in [0.1, 0.15) is 6.04 Å². The molecule has 1 rings (SSSR count). The molecular formula is C11H11ClFNO3. The number of hydrogen-bond acceptors (Lipinski definition) is 3. The molecule has 1 N–H and O–H groups in total. The van der Waals surface area contributed by atoms with Gasteiger partial charge in [0, 0.05) is 0 Å². The van der Waals surface area contributed by atoms with Crippen molar-refractivity contribution in [3.05, 3.63) is 34.6 Å². The van der Waals surface area contributed by atoms with E-state index in [0.717, 1.165) is 0 Å². The summed E-state index contributed by atoms with van der Waals surface area (Å²) in [5.41, 5.74) is -0.215. The lowest BCUT2D eigenvalue weighted by Gasteiger charge is -2.12. The van der Waals surface area contributed by atoms with E-state index in [-0.39, 0.29) is 10.6 Å². The van der Waals surface area contributed by atoms with Crippen molar-refractivity contribution in [1.82, 2.24) is 5.32 Å². The Balaban J connectivity index is 2.84. The van der Waals surface area contributed by atoms with Gasteiger partial charge in [-0.05, 0) is 19.1 Å². The van der Waals surface area contributed by atoms with E-state index in [4.69, 9.17) is 11.6 Å². The van der Waals surface area contributed by atoms with Crippen LogP contribution in [-0.2, 0) is 9.53 Å². The molecule has 0 aliphatic carbocycles. The number of esters is 1. The number of methoxy groups -OCH3 is 1. The monoisotopic (exact) mass is 259 g/mol. The van der Waals surface area contributed by atoms with Gasteiger partial charge in [-0.25, -0.2) is 9.18 Å². The molecule has 1 aromatic carbocycles. The lowest BCUT2D eigenvalue weighted by Crippen LogP contribution is -2.39. The molecule has 0 saturated carbocycles. The average Bonchev–Trinajstić information content (AvgIpc) is 2.31. The summed E-state index contributed by atoms with van der Waals surface area (Å²) in [4.78, 5) is 22.7. The molecule has 0 aromatic heterocycles. The summed E-state index contributed by atoms with van der Waals surface area (Å²) in [5.74, 6) is -2.15. The van der Waals surface area contributed by atoms with Crippen molar-refractivity contribution < 1.29 is 18.7 Å². The molecule has 0 radical (unpaired) electrons. The van der Waals surface area contributed by atoms with Gasteiger partial charge in [0.05, 0.1) is 17.7 Å². The lowest BCUT2D eigenvalue weighted by atomic mass is 10.2. The van der Waals surface area contributed by atoms with E-state index in [9.17, 15) is 14.0 Å². The van der Waals surface area contributed by atoms with Crippen LogP contribution in [0.25, 0.3) is 0 Å². The van der Waals surface area contributed by atoms with E-state index < -0.39 is 23.7 Å². The van der Waals surface area contributed by atoms with Crippen LogP contribution < -0.4 is 5.32 Å². The molecule has 0 aliphatic heterocycles. The second kappa shape index (κ2) is 5.63. The highest BCUT2D eigenvalue weighted by atomic mass is 35.5. The minimum Gasteiger partial charge on any atom is -0.467 e. The predicted molar refractivity (Wildman–Crippen MR) is 60.4 cm³/mol. The Morgan fingerprint density at radius 3 is 2.71 bits per heavy atom. The summed E-state index contributed by atoms with van der Waals surface area (Å²) in [6.07, 6.45) is 0. The molecule has 1 unspecified atom stereocenters. The van der Waals surface area contributed by atoms with Gasteiger partial charge < -0.3 is 10.1 Å². The highest BCUT2D eigenvalue weighted by Gasteiger charge is 2.19. The van der Waals surface area contributed by atoms with Gasteiger partial charge in [0.25, 0.3) is 5.91 Å². The molecule has 0 saturated heterocycles. The normalized spacial score (nSPS) is 11.8. The Morgan fingerprint density at radius 2 is 2.12 bits per heavy atom. The maximum Gasteiger partial charge on any atom is 0.328 e. The van der Waals surface area contributed by atoms with Crippen LogP contribution in [-0.4, -0.2) is 25.0 Å². The van der Waals surface area contributed by atoms with Gasteiger partial charge in [-0.15, -0.1) is 0 Å². The second-order valence-corrected chi connectivity index (χ2v) is 3.73. The van der Waals surface area contributed by atoms with Gasteiger partial charge in [-0.2, -0.15) is 0 Å². The third-order valence-corrected chi connectivity index (χ3v) is 2.39. The van der Waals surface area contributed by atoms with E-state index in [2.05, 4.69) is 10.1 Å². The summed E-state index contributed by atoms with van der Waals surface area (Å²) in [7, 11) is 1.20. The minimum absolute atomic E-state index is 0.150. The predicted octanol–water partition coefficient (Wildman–Crippen LogP) is 1.77. The zero-order chi connectivity index (χ0) is 13.0. The number of carbonyl (C=O) groups is 2. The number of hydrogen-bond donors (Lipinski definition) is 1. The highest BCUT2D eigenvalue weighted by molar-refractivity contribution is 6.31. The maximum atomic E-state index is 13.5. The molecule has 1 atom stereocenters. The molecule has 4 nitrogen and oxygen atoms in total. The third-order valence-electron chi connectivity index (χ3n) is 2.10. The van der Waals surface area contributed by atoms with E-state index in [1.54, 1.807) is 0 Å². The van der Waals surface area contributed by atoms with Crippen LogP contribution in [0.3, 0.4) is 0 Å².